The lowest BCUT2D eigenvalue weighted by Gasteiger charge is -2.10. The van der Waals surface area contributed by atoms with Crippen molar-refractivity contribution in [1.82, 2.24) is 15.2 Å². The number of hydrogen-bond acceptors (Lipinski definition) is 7. The number of aromatic nitrogens is 3. The highest BCUT2D eigenvalue weighted by Gasteiger charge is 2.15. The van der Waals surface area contributed by atoms with Gasteiger partial charge >= 0.3 is 0 Å². The van der Waals surface area contributed by atoms with Crippen molar-refractivity contribution in [1.29, 1.82) is 0 Å². The van der Waals surface area contributed by atoms with E-state index in [-0.39, 0.29) is 6.10 Å². The standard InChI is InChI=1S/C13H17N5O2/c1-3-10(19-5-1)7-14-12-9-16-18-13(17-12)15-8-11-4-2-6-20-11/h1,3,5,9,11H,2,4,6-8H2,(H2,14,15,17,18). The van der Waals surface area contributed by atoms with Gasteiger partial charge in [-0.2, -0.15) is 10.1 Å². The number of rotatable bonds is 6. The molecule has 0 spiro atoms. The molecule has 1 aliphatic rings. The van der Waals surface area contributed by atoms with Gasteiger partial charge in [-0.3, -0.25) is 0 Å². The normalized spacial score (nSPS) is 18.1. The molecule has 2 aromatic heterocycles. The molecule has 1 aliphatic heterocycles. The molecule has 0 saturated carbocycles. The van der Waals surface area contributed by atoms with Crippen LogP contribution in [0.2, 0.25) is 0 Å². The molecular weight excluding hydrogens is 258 g/mol. The van der Waals surface area contributed by atoms with Crippen LogP contribution in [0.4, 0.5) is 11.8 Å². The molecule has 2 N–H and O–H groups in total. The van der Waals surface area contributed by atoms with E-state index in [2.05, 4.69) is 25.8 Å². The first-order valence-corrected chi connectivity index (χ1v) is 6.71. The zero-order valence-corrected chi connectivity index (χ0v) is 11.1. The Balaban J connectivity index is 1.52. The van der Waals surface area contributed by atoms with Gasteiger partial charge in [0.05, 0.1) is 25.1 Å². The minimum atomic E-state index is 0.248. The van der Waals surface area contributed by atoms with E-state index >= 15 is 0 Å². The maximum Gasteiger partial charge on any atom is 0.244 e. The molecule has 7 heteroatoms. The summed E-state index contributed by atoms with van der Waals surface area (Å²) in [6.45, 7) is 2.12. The van der Waals surface area contributed by atoms with Crippen LogP contribution in [-0.4, -0.2) is 34.4 Å². The van der Waals surface area contributed by atoms with Crippen molar-refractivity contribution in [2.24, 2.45) is 0 Å². The van der Waals surface area contributed by atoms with Crippen LogP contribution >= 0.6 is 0 Å². The third-order valence-electron chi connectivity index (χ3n) is 3.09. The van der Waals surface area contributed by atoms with E-state index in [1.807, 2.05) is 12.1 Å². The van der Waals surface area contributed by atoms with E-state index in [9.17, 15) is 0 Å². The molecule has 0 aromatic carbocycles. The molecule has 1 atom stereocenters. The molecule has 0 radical (unpaired) electrons. The smallest absolute Gasteiger partial charge is 0.244 e. The molecule has 0 amide bonds. The zero-order valence-electron chi connectivity index (χ0n) is 11.1. The largest absolute Gasteiger partial charge is 0.467 e. The van der Waals surface area contributed by atoms with Gasteiger partial charge in [-0.15, -0.1) is 5.10 Å². The van der Waals surface area contributed by atoms with Gasteiger partial charge in [0.25, 0.3) is 0 Å². The molecule has 1 saturated heterocycles. The Morgan fingerprint density at radius 3 is 3.15 bits per heavy atom. The second-order valence-electron chi connectivity index (χ2n) is 4.61. The average Bonchev–Trinajstić information content (AvgIpc) is 3.17. The van der Waals surface area contributed by atoms with Gasteiger partial charge in [0.2, 0.25) is 5.95 Å². The summed E-state index contributed by atoms with van der Waals surface area (Å²) in [5.41, 5.74) is 0. The summed E-state index contributed by atoms with van der Waals surface area (Å²) >= 11 is 0. The van der Waals surface area contributed by atoms with E-state index in [1.54, 1.807) is 12.5 Å². The van der Waals surface area contributed by atoms with Crippen LogP contribution in [0.5, 0.6) is 0 Å². The molecule has 1 fully saturated rings. The average molecular weight is 275 g/mol. The van der Waals surface area contributed by atoms with E-state index in [4.69, 9.17) is 9.15 Å². The van der Waals surface area contributed by atoms with Crippen molar-refractivity contribution in [2.45, 2.75) is 25.5 Å². The monoisotopic (exact) mass is 275 g/mol. The lowest BCUT2D eigenvalue weighted by Crippen LogP contribution is -2.20. The topological polar surface area (TPSA) is 85.1 Å². The van der Waals surface area contributed by atoms with Gasteiger partial charge in [0.1, 0.15) is 5.76 Å². The first kappa shape index (κ1) is 12.9. The fourth-order valence-corrected chi connectivity index (χ4v) is 2.06. The van der Waals surface area contributed by atoms with E-state index in [0.717, 1.165) is 25.2 Å². The predicted octanol–water partition coefficient (Wildman–Crippen LogP) is 1.67. The Morgan fingerprint density at radius 2 is 2.35 bits per heavy atom. The second-order valence-corrected chi connectivity index (χ2v) is 4.61. The number of ether oxygens (including phenoxy) is 1. The van der Waals surface area contributed by atoms with Crippen LogP contribution in [0.15, 0.2) is 29.0 Å². The van der Waals surface area contributed by atoms with Crippen LogP contribution in [-0.2, 0) is 11.3 Å². The summed E-state index contributed by atoms with van der Waals surface area (Å²) in [6, 6.07) is 3.75. The highest BCUT2D eigenvalue weighted by molar-refractivity contribution is 5.37. The quantitative estimate of drug-likeness (QED) is 0.829. The molecule has 106 valence electrons. The van der Waals surface area contributed by atoms with Crippen LogP contribution in [0, 0.1) is 0 Å². The highest BCUT2D eigenvalue weighted by Crippen LogP contribution is 2.13. The maximum atomic E-state index is 5.53. The Bertz CT molecular complexity index is 525. The zero-order chi connectivity index (χ0) is 13.6. The summed E-state index contributed by atoms with van der Waals surface area (Å²) in [6.07, 6.45) is 5.68. The molecule has 0 bridgehead atoms. The molecule has 2 aromatic rings. The minimum absolute atomic E-state index is 0.248. The predicted molar refractivity (Wildman–Crippen MR) is 73.3 cm³/mol. The van der Waals surface area contributed by atoms with Gasteiger partial charge < -0.3 is 19.8 Å². The third kappa shape index (κ3) is 3.45. The lowest BCUT2D eigenvalue weighted by atomic mass is 10.2. The molecule has 1 unspecified atom stereocenters. The van der Waals surface area contributed by atoms with Crippen molar-refractivity contribution in [2.75, 3.05) is 23.8 Å². The van der Waals surface area contributed by atoms with Crippen LogP contribution < -0.4 is 10.6 Å². The summed E-state index contributed by atoms with van der Waals surface area (Å²) in [5.74, 6) is 2.01. The number of anilines is 2. The van der Waals surface area contributed by atoms with Crippen molar-refractivity contribution in [3.8, 4) is 0 Å². The molecule has 3 rings (SSSR count). The Morgan fingerprint density at radius 1 is 1.35 bits per heavy atom. The summed E-state index contributed by atoms with van der Waals surface area (Å²) in [4.78, 5) is 4.34. The van der Waals surface area contributed by atoms with Gasteiger partial charge in [0.15, 0.2) is 5.82 Å². The van der Waals surface area contributed by atoms with Crippen molar-refractivity contribution < 1.29 is 9.15 Å². The van der Waals surface area contributed by atoms with E-state index in [1.165, 1.54) is 0 Å². The lowest BCUT2D eigenvalue weighted by molar-refractivity contribution is 0.120. The molecule has 3 heterocycles. The molecule has 0 aliphatic carbocycles. The fraction of sp³-hybridized carbons (Fsp3) is 0.462. The summed E-state index contributed by atoms with van der Waals surface area (Å²) < 4.78 is 10.8. The molecule has 20 heavy (non-hydrogen) atoms. The van der Waals surface area contributed by atoms with Crippen molar-refractivity contribution >= 4 is 11.8 Å². The van der Waals surface area contributed by atoms with Gasteiger partial charge in [-0.25, -0.2) is 0 Å². The van der Waals surface area contributed by atoms with E-state index in [0.29, 0.717) is 24.9 Å². The Labute approximate surface area is 116 Å². The number of nitrogens with one attached hydrogen (secondary N) is 2. The summed E-state index contributed by atoms with van der Waals surface area (Å²) in [7, 11) is 0. The van der Waals surface area contributed by atoms with Crippen LogP contribution in [0.25, 0.3) is 0 Å². The fourth-order valence-electron chi connectivity index (χ4n) is 2.06. The highest BCUT2D eigenvalue weighted by atomic mass is 16.5. The van der Waals surface area contributed by atoms with Crippen LogP contribution in [0.3, 0.4) is 0 Å². The van der Waals surface area contributed by atoms with Crippen molar-refractivity contribution in [3.63, 3.8) is 0 Å². The number of nitrogens with zero attached hydrogens (tertiary/aromatic N) is 3. The second kappa shape index (κ2) is 6.33. The number of hydrogen-bond donors (Lipinski definition) is 2. The minimum Gasteiger partial charge on any atom is -0.467 e. The van der Waals surface area contributed by atoms with E-state index < -0.39 is 0 Å². The van der Waals surface area contributed by atoms with Crippen molar-refractivity contribution in [3.05, 3.63) is 30.4 Å². The first-order chi connectivity index (χ1) is 9.90. The SMILES string of the molecule is c1coc(CNc2cnnc(NCC3CCCO3)n2)c1. The Hall–Kier alpha value is -2.15. The van der Waals surface area contributed by atoms with Gasteiger partial charge in [0, 0.05) is 13.2 Å². The van der Waals surface area contributed by atoms with Crippen LogP contribution in [0.1, 0.15) is 18.6 Å². The first-order valence-electron chi connectivity index (χ1n) is 6.71. The van der Waals surface area contributed by atoms with Gasteiger partial charge in [-0.1, -0.05) is 0 Å². The van der Waals surface area contributed by atoms with Gasteiger partial charge in [-0.05, 0) is 25.0 Å². The molecular formula is C13H17N5O2. The maximum absolute atomic E-state index is 5.53. The number of furan rings is 1. The molecule has 7 nitrogen and oxygen atoms in total. The Kier molecular flexibility index (Phi) is 4.07. The third-order valence-corrected chi connectivity index (χ3v) is 3.09. The summed E-state index contributed by atoms with van der Waals surface area (Å²) in [5, 5.41) is 14.2.